The van der Waals surface area contributed by atoms with Crippen LogP contribution in [0.3, 0.4) is 0 Å². The number of likely N-dealkylation sites (N-methyl/N-ethyl adjacent to an activating group) is 2. The molecule has 0 radical (unpaired) electrons. The first kappa shape index (κ1) is 14.3. The van der Waals surface area contributed by atoms with Gasteiger partial charge < -0.3 is 15.2 Å². The summed E-state index contributed by atoms with van der Waals surface area (Å²) in [4.78, 5) is 2.38. The summed E-state index contributed by atoms with van der Waals surface area (Å²) in [5.41, 5.74) is -0.105. The van der Waals surface area contributed by atoms with Gasteiger partial charge >= 0.3 is 0 Å². The second kappa shape index (κ2) is 5.87. The van der Waals surface area contributed by atoms with E-state index in [-0.39, 0.29) is 12.1 Å². The minimum atomic E-state index is -0.105. The Balaban J connectivity index is 1.99. The lowest BCUT2D eigenvalue weighted by Gasteiger charge is -2.39. The first-order valence-corrected chi connectivity index (χ1v) is 7.30. The van der Waals surface area contributed by atoms with E-state index < -0.39 is 0 Å². The van der Waals surface area contributed by atoms with Gasteiger partial charge in [-0.15, -0.1) is 0 Å². The van der Waals surface area contributed by atoms with Crippen molar-refractivity contribution in [1.82, 2.24) is 10.2 Å². The van der Waals surface area contributed by atoms with Crippen LogP contribution >= 0.6 is 0 Å². The number of aliphatic hydroxyl groups excluding tert-OH is 1. The summed E-state index contributed by atoms with van der Waals surface area (Å²) < 4.78 is 5.65. The predicted octanol–water partition coefficient (Wildman–Crippen LogP) is 0.846. The SMILES string of the molecule is CCNC(CO)(CN(C)C1CCOC1C)C1CC1. The van der Waals surface area contributed by atoms with E-state index in [1.807, 2.05) is 0 Å². The smallest absolute Gasteiger partial charge is 0.0702 e. The van der Waals surface area contributed by atoms with E-state index in [1.54, 1.807) is 0 Å². The van der Waals surface area contributed by atoms with E-state index in [0.717, 1.165) is 26.1 Å². The molecule has 2 rings (SSSR count). The van der Waals surface area contributed by atoms with E-state index in [1.165, 1.54) is 12.8 Å². The van der Waals surface area contributed by atoms with Gasteiger partial charge in [0.1, 0.15) is 0 Å². The minimum Gasteiger partial charge on any atom is -0.394 e. The second-order valence-corrected chi connectivity index (χ2v) is 5.97. The molecule has 2 fully saturated rings. The Morgan fingerprint density at radius 1 is 1.39 bits per heavy atom. The molecule has 2 aliphatic rings. The summed E-state index contributed by atoms with van der Waals surface area (Å²) in [7, 11) is 2.17. The topological polar surface area (TPSA) is 44.7 Å². The molecule has 106 valence electrons. The molecule has 4 heteroatoms. The van der Waals surface area contributed by atoms with Gasteiger partial charge in [0.05, 0.1) is 18.2 Å². The number of aliphatic hydroxyl groups is 1. The van der Waals surface area contributed by atoms with Crippen LogP contribution in [0.2, 0.25) is 0 Å². The van der Waals surface area contributed by atoms with Crippen LogP contribution in [-0.4, -0.2) is 61.0 Å². The van der Waals surface area contributed by atoms with Crippen molar-refractivity contribution in [2.75, 3.05) is 33.4 Å². The molecule has 0 spiro atoms. The third kappa shape index (κ3) is 2.87. The van der Waals surface area contributed by atoms with E-state index >= 15 is 0 Å². The van der Waals surface area contributed by atoms with E-state index in [2.05, 4.69) is 31.1 Å². The second-order valence-electron chi connectivity index (χ2n) is 5.97. The summed E-state index contributed by atoms with van der Waals surface area (Å²) in [5.74, 6) is 0.641. The maximum absolute atomic E-state index is 9.86. The zero-order valence-electron chi connectivity index (χ0n) is 12.0. The standard InChI is InChI=1S/C14H28N2O2/c1-4-15-14(10-17,12-5-6-12)9-16(3)13-7-8-18-11(13)2/h11-13,15,17H,4-10H2,1-3H3. The lowest BCUT2D eigenvalue weighted by molar-refractivity contribution is 0.0505. The quantitative estimate of drug-likeness (QED) is 0.709. The molecule has 1 aliphatic heterocycles. The Bertz CT molecular complexity index is 271. The van der Waals surface area contributed by atoms with Crippen molar-refractivity contribution in [1.29, 1.82) is 0 Å². The average molecular weight is 256 g/mol. The fourth-order valence-electron chi connectivity index (χ4n) is 3.41. The fraction of sp³-hybridized carbons (Fsp3) is 1.00. The van der Waals surface area contributed by atoms with Crippen molar-refractivity contribution >= 4 is 0 Å². The summed E-state index contributed by atoms with van der Waals surface area (Å²) in [5, 5.41) is 13.4. The molecule has 1 saturated heterocycles. The highest BCUT2D eigenvalue weighted by atomic mass is 16.5. The van der Waals surface area contributed by atoms with Crippen LogP contribution in [0.1, 0.15) is 33.1 Å². The van der Waals surface area contributed by atoms with Gasteiger partial charge in [0.2, 0.25) is 0 Å². The van der Waals surface area contributed by atoms with E-state index in [0.29, 0.717) is 18.1 Å². The minimum absolute atomic E-state index is 0.105. The average Bonchev–Trinajstić information content (AvgIpc) is 3.11. The monoisotopic (exact) mass is 256 g/mol. The highest BCUT2D eigenvalue weighted by Gasteiger charge is 2.46. The number of hydrogen-bond donors (Lipinski definition) is 2. The summed E-state index contributed by atoms with van der Waals surface area (Å²) in [6, 6.07) is 0.494. The summed E-state index contributed by atoms with van der Waals surface area (Å²) in [6.07, 6.45) is 3.92. The van der Waals surface area contributed by atoms with Crippen molar-refractivity contribution in [3.63, 3.8) is 0 Å². The first-order valence-electron chi connectivity index (χ1n) is 7.30. The normalized spacial score (nSPS) is 31.8. The highest BCUT2D eigenvalue weighted by Crippen LogP contribution is 2.40. The Morgan fingerprint density at radius 3 is 2.56 bits per heavy atom. The highest BCUT2D eigenvalue weighted by molar-refractivity contribution is 5.03. The molecule has 18 heavy (non-hydrogen) atoms. The first-order chi connectivity index (χ1) is 8.63. The van der Waals surface area contributed by atoms with Crippen LogP contribution in [0.15, 0.2) is 0 Å². The van der Waals surface area contributed by atoms with Crippen LogP contribution < -0.4 is 5.32 Å². The van der Waals surface area contributed by atoms with Gasteiger partial charge in [-0.05, 0) is 45.7 Å². The molecule has 0 aromatic rings. The largest absolute Gasteiger partial charge is 0.394 e. The maximum Gasteiger partial charge on any atom is 0.0702 e. The third-order valence-corrected chi connectivity index (χ3v) is 4.60. The molecule has 3 unspecified atom stereocenters. The lowest BCUT2D eigenvalue weighted by Crippen LogP contribution is -2.59. The summed E-state index contributed by atoms with van der Waals surface area (Å²) >= 11 is 0. The molecular weight excluding hydrogens is 228 g/mol. The Kier molecular flexibility index (Phi) is 4.64. The number of nitrogens with zero attached hydrogens (tertiary/aromatic N) is 1. The summed E-state index contributed by atoms with van der Waals surface area (Å²) in [6.45, 7) is 7.21. The van der Waals surface area contributed by atoms with Crippen molar-refractivity contribution in [2.24, 2.45) is 5.92 Å². The molecule has 1 heterocycles. The van der Waals surface area contributed by atoms with E-state index in [9.17, 15) is 5.11 Å². The van der Waals surface area contributed by atoms with Crippen LogP contribution in [0.4, 0.5) is 0 Å². The molecular formula is C14H28N2O2. The van der Waals surface area contributed by atoms with Gasteiger partial charge in [0.25, 0.3) is 0 Å². The van der Waals surface area contributed by atoms with Crippen molar-refractivity contribution in [3.05, 3.63) is 0 Å². The fourth-order valence-corrected chi connectivity index (χ4v) is 3.41. The zero-order chi connectivity index (χ0) is 13.2. The number of nitrogens with one attached hydrogen (secondary N) is 1. The van der Waals surface area contributed by atoms with Crippen molar-refractivity contribution < 1.29 is 9.84 Å². The number of ether oxygens (including phenoxy) is 1. The maximum atomic E-state index is 9.86. The van der Waals surface area contributed by atoms with Crippen LogP contribution in [0.5, 0.6) is 0 Å². The third-order valence-electron chi connectivity index (χ3n) is 4.60. The van der Waals surface area contributed by atoms with Gasteiger partial charge in [-0.3, -0.25) is 4.90 Å². The van der Waals surface area contributed by atoms with Gasteiger partial charge in [0, 0.05) is 19.2 Å². The molecule has 0 aromatic carbocycles. The zero-order valence-corrected chi connectivity index (χ0v) is 12.0. The Hall–Kier alpha value is -0.160. The molecule has 2 N–H and O–H groups in total. The molecule has 0 aromatic heterocycles. The van der Waals surface area contributed by atoms with Crippen LogP contribution in [-0.2, 0) is 4.74 Å². The van der Waals surface area contributed by atoms with Gasteiger partial charge in [0.15, 0.2) is 0 Å². The van der Waals surface area contributed by atoms with Crippen molar-refractivity contribution in [2.45, 2.75) is 50.8 Å². The molecule has 0 amide bonds. The molecule has 1 aliphatic carbocycles. The predicted molar refractivity (Wildman–Crippen MR) is 72.7 cm³/mol. The van der Waals surface area contributed by atoms with Crippen LogP contribution in [0, 0.1) is 5.92 Å². The molecule has 1 saturated carbocycles. The van der Waals surface area contributed by atoms with E-state index in [4.69, 9.17) is 4.74 Å². The molecule has 3 atom stereocenters. The number of rotatable bonds is 7. The van der Waals surface area contributed by atoms with Crippen LogP contribution in [0.25, 0.3) is 0 Å². The Morgan fingerprint density at radius 2 is 2.11 bits per heavy atom. The van der Waals surface area contributed by atoms with Crippen molar-refractivity contribution in [3.8, 4) is 0 Å². The Labute approximate surface area is 111 Å². The van der Waals surface area contributed by atoms with Gasteiger partial charge in [-0.25, -0.2) is 0 Å². The van der Waals surface area contributed by atoms with Gasteiger partial charge in [-0.1, -0.05) is 6.92 Å². The molecule has 4 nitrogen and oxygen atoms in total. The van der Waals surface area contributed by atoms with Gasteiger partial charge in [-0.2, -0.15) is 0 Å². The number of hydrogen-bond acceptors (Lipinski definition) is 4. The lowest BCUT2D eigenvalue weighted by atomic mass is 9.92. The molecule has 0 bridgehead atoms.